The third-order valence-electron chi connectivity index (χ3n) is 2.59. The summed E-state index contributed by atoms with van der Waals surface area (Å²) in [5.74, 6) is -0.520. The Kier molecular flexibility index (Phi) is 4.57. The predicted molar refractivity (Wildman–Crippen MR) is 78.9 cm³/mol. The summed E-state index contributed by atoms with van der Waals surface area (Å²) < 4.78 is 13.0. The second-order valence-corrected chi connectivity index (χ2v) is 5.87. The molecule has 106 valence electrons. The van der Waals surface area contributed by atoms with E-state index in [0.29, 0.717) is 12.2 Å². The van der Waals surface area contributed by atoms with Gasteiger partial charge in [-0.3, -0.25) is 0 Å². The van der Waals surface area contributed by atoms with Crippen molar-refractivity contribution in [1.82, 2.24) is 10.3 Å². The van der Waals surface area contributed by atoms with E-state index in [1.807, 2.05) is 13.8 Å². The van der Waals surface area contributed by atoms with Gasteiger partial charge in [0, 0.05) is 10.6 Å². The van der Waals surface area contributed by atoms with E-state index in [2.05, 4.69) is 15.6 Å². The van der Waals surface area contributed by atoms with E-state index >= 15 is 0 Å². The van der Waals surface area contributed by atoms with Crippen molar-refractivity contribution in [2.75, 3.05) is 5.32 Å². The Balaban J connectivity index is 1.92. The lowest BCUT2D eigenvalue weighted by Crippen LogP contribution is -2.28. The van der Waals surface area contributed by atoms with Crippen LogP contribution in [-0.4, -0.2) is 11.0 Å². The van der Waals surface area contributed by atoms with Crippen molar-refractivity contribution < 1.29 is 9.18 Å². The highest BCUT2D eigenvalue weighted by Gasteiger charge is 2.08. The maximum absolute atomic E-state index is 13.0. The van der Waals surface area contributed by atoms with E-state index in [4.69, 9.17) is 11.6 Å². The number of nitrogens with one attached hydrogen (secondary N) is 2. The van der Waals surface area contributed by atoms with Gasteiger partial charge in [-0.2, -0.15) is 0 Å². The van der Waals surface area contributed by atoms with Crippen LogP contribution in [0.1, 0.15) is 15.6 Å². The minimum atomic E-state index is -0.520. The van der Waals surface area contributed by atoms with Gasteiger partial charge in [0.15, 0.2) is 0 Å². The number of carbonyl (C=O) groups excluding carboxylic acids is 1. The van der Waals surface area contributed by atoms with Gasteiger partial charge in [0.25, 0.3) is 0 Å². The van der Waals surface area contributed by atoms with Gasteiger partial charge in [-0.1, -0.05) is 11.6 Å². The summed E-state index contributed by atoms with van der Waals surface area (Å²) >= 11 is 7.18. The predicted octanol–water partition coefficient (Wildman–Crippen LogP) is 3.87. The third-order valence-corrected chi connectivity index (χ3v) is 3.95. The highest BCUT2D eigenvalue weighted by atomic mass is 35.5. The topological polar surface area (TPSA) is 54.0 Å². The Hall–Kier alpha value is -1.66. The van der Waals surface area contributed by atoms with Crippen LogP contribution in [0.2, 0.25) is 5.02 Å². The molecule has 0 spiro atoms. The summed E-state index contributed by atoms with van der Waals surface area (Å²) in [7, 11) is 0. The van der Waals surface area contributed by atoms with Crippen molar-refractivity contribution in [2.24, 2.45) is 0 Å². The third kappa shape index (κ3) is 3.68. The Morgan fingerprint density at radius 1 is 1.45 bits per heavy atom. The minimum Gasteiger partial charge on any atom is -0.333 e. The summed E-state index contributed by atoms with van der Waals surface area (Å²) in [6.45, 7) is 4.22. The van der Waals surface area contributed by atoms with E-state index in [0.717, 1.165) is 15.6 Å². The number of hydrogen-bond donors (Lipinski definition) is 2. The van der Waals surface area contributed by atoms with Gasteiger partial charge in [-0.15, -0.1) is 11.3 Å². The van der Waals surface area contributed by atoms with Crippen molar-refractivity contribution in [1.29, 1.82) is 0 Å². The first-order valence-electron chi connectivity index (χ1n) is 5.88. The molecular weight excluding hydrogens is 301 g/mol. The van der Waals surface area contributed by atoms with Crippen molar-refractivity contribution in [3.05, 3.63) is 44.6 Å². The number of aryl methyl sites for hydroxylation is 2. The average molecular weight is 314 g/mol. The number of urea groups is 1. The van der Waals surface area contributed by atoms with Crippen LogP contribution >= 0.6 is 22.9 Å². The molecular formula is C13H13ClFN3OS. The van der Waals surface area contributed by atoms with E-state index < -0.39 is 5.82 Å². The van der Waals surface area contributed by atoms with Crippen LogP contribution in [0.5, 0.6) is 0 Å². The zero-order valence-electron chi connectivity index (χ0n) is 11.0. The van der Waals surface area contributed by atoms with Crippen LogP contribution in [0.4, 0.5) is 14.9 Å². The fourth-order valence-corrected chi connectivity index (χ4v) is 2.70. The Morgan fingerprint density at radius 3 is 2.80 bits per heavy atom. The van der Waals surface area contributed by atoms with Crippen LogP contribution in [0.15, 0.2) is 18.2 Å². The number of halogens is 2. The zero-order chi connectivity index (χ0) is 14.7. The highest BCUT2D eigenvalue weighted by molar-refractivity contribution is 7.11. The number of amides is 2. The highest BCUT2D eigenvalue weighted by Crippen LogP contribution is 2.19. The molecule has 0 radical (unpaired) electrons. The van der Waals surface area contributed by atoms with E-state index in [9.17, 15) is 9.18 Å². The maximum Gasteiger partial charge on any atom is 0.319 e. The van der Waals surface area contributed by atoms with Crippen molar-refractivity contribution in [3.8, 4) is 0 Å². The fourth-order valence-electron chi connectivity index (χ4n) is 1.65. The van der Waals surface area contributed by atoms with Crippen LogP contribution < -0.4 is 10.6 Å². The fraction of sp³-hybridized carbons (Fsp3) is 0.231. The molecule has 1 aromatic carbocycles. The van der Waals surface area contributed by atoms with Gasteiger partial charge >= 0.3 is 6.03 Å². The number of nitrogens with zero attached hydrogens (tertiary/aromatic N) is 1. The van der Waals surface area contributed by atoms with Crippen molar-refractivity contribution >= 4 is 34.7 Å². The molecule has 0 saturated carbocycles. The molecule has 0 saturated heterocycles. The second-order valence-electron chi connectivity index (χ2n) is 4.18. The molecule has 0 unspecified atom stereocenters. The lowest BCUT2D eigenvalue weighted by molar-refractivity contribution is 0.252. The summed E-state index contributed by atoms with van der Waals surface area (Å²) in [6, 6.07) is 3.63. The number of anilines is 1. The first-order chi connectivity index (χ1) is 9.45. The largest absolute Gasteiger partial charge is 0.333 e. The number of benzene rings is 1. The molecule has 2 rings (SSSR count). The Labute approximate surface area is 125 Å². The van der Waals surface area contributed by atoms with E-state index in [1.54, 1.807) is 11.3 Å². The van der Waals surface area contributed by atoms with Crippen molar-refractivity contribution in [3.63, 3.8) is 0 Å². The first-order valence-corrected chi connectivity index (χ1v) is 7.08. The van der Waals surface area contributed by atoms with Crippen LogP contribution in [0.25, 0.3) is 0 Å². The normalized spacial score (nSPS) is 10.4. The minimum absolute atomic E-state index is 0.0308. The molecule has 2 amide bonds. The quantitative estimate of drug-likeness (QED) is 0.903. The van der Waals surface area contributed by atoms with Gasteiger partial charge in [-0.25, -0.2) is 14.2 Å². The molecule has 0 aliphatic heterocycles. The zero-order valence-corrected chi connectivity index (χ0v) is 12.5. The monoisotopic (exact) mass is 313 g/mol. The lowest BCUT2D eigenvalue weighted by atomic mass is 10.3. The standard InChI is InChI=1S/C13H13ClFN3OS/c1-7-12(20-8(2)17-7)6-16-13(19)18-9-3-4-11(15)10(14)5-9/h3-5H,6H2,1-2H3,(H2,16,18,19). The average Bonchev–Trinajstić information content (AvgIpc) is 2.70. The van der Waals surface area contributed by atoms with Gasteiger partial charge < -0.3 is 10.6 Å². The van der Waals surface area contributed by atoms with Gasteiger partial charge in [0.1, 0.15) is 5.82 Å². The molecule has 7 heteroatoms. The van der Waals surface area contributed by atoms with Crippen LogP contribution in [-0.2, 0) is 6.54 Å². The van der Waals surface area contributed by atoms with Gasteiger partial charge in [0.05, 0.1) is 22.3 Å². The molecule has 0 fully saturated rings. The Bertz CT molecular complexity index is 645. The molecule has 0 aliphatic rings. The Morgan fingerprint density at radius 2 is 2.20 bits per heavy atom. The molecule has 4 nitrogen and oxygen atoms in total. The molecule has 0 atom stereocenters. The maximum atomic E-state index is 13.0. The number of carbonyl (C=O) groups is 1. The second kappa shape index (κ2) is 6.19. The SMILES string of the molecule is Cc1nc(C)c(CNC(=O)Nc2ccc(F)c(Cl)c2)s1. The van der Waals surface area contributed by atoms with Crippen LogP contribution in [0, 0.1) is 19.7 Å². The number of hydrogen-bond acceptors (Lipinski definition) is 3. The van der Waals surface area contributed by atoms with Crippen molar-refractivity contribution in [2.45, 2.75) is 20.4 Å². The molecule has 2 aromatic rings. The smallest absolute Gasteiger partial charge is 0.319 e. The molecule has 0 aliphatic carbocycles. The number of rotatable bonds is 3. The number of aromatic nitrogens is 1. The molecule has 1 heterocycles. The lowest BCUT2D eigenvalue weighted by Gasteiger charge is -2.07. The number of thiazole rings is 1. The van der Waals surface area contributed by atoms with E-state index in [-0.39, 0.29) is 11.1 Å². The van der Waals surface area contributed by atoms with Gasteiger partial charge in [-0.05, 0) is 32.0 Å². The van der Waals surface area contributed by atoms with Crippen LogP contribution in [0.3, 0.4) is 0 Å². The molecule has 2 N–H and O–H groups in total. The summed E-state index contributed by atoms with van der Waals surface area (Å²) in [6.07, 6.45) is 0. The summed E-state index contributed by atoms with van der Waals surface area (Å²) in [4.78, 5) is 17.0. The summed E-state index contributed by atoms with van der Waals surface area (Å²) in [5, 5.41) is 6.24. The molecule has 20 heavy (non-hydrogen) atoms. The first kappa shape index (κ1) is 14.7. The summed E-state index contributed by atoms with van der Waals surface area (Å²) in [5.41, 5.74) is 1.35. The molecule has 1 aromatic heterocycles. The van der Waals surface area contributed by atoms with Gasteiger partial charge in [0.2, 0.25) is 0 Å². The molecule has 0 bridgehead atoms. The van der Waals surface area contributed by atoms with E-state index in [1.165, 1.54) is 18.2 Å².